The number of benzene rings is 4. The first-order chi connectivity index (χ1) is 21.9. The summed E-state index contributed by atoms with van der Waals surface area (Å²) in [7, 11) is 3.16. The number of anilines is 2. The molecule has 7 rings (SSSR count). The molecule has 0 bridgehead atoms. The zero-order valence-corrected chi connectivity index (χ0v) is 25.7. The lowest BCUT2D eigenvalue weighted by Crippen LogP contribution is -2.43. The van der Waals surface area contributed by atoms with E-state index in [0.29, 0.717) is 41.1 Å². The second-order valence-corrected chi connectivity index (χ2v) is 11.4. The van der Waals surface area contributed by atoms with Crippen molar-refractivity contribution in [3.63, 3.8) is 0 Å². The summed E-state index contributed by atoms with van der Waals surface area (Å²) in [5.41, 5.74) is 3.92. The maximum absolute atomic E-state index is 13.5. The van der Waals surface area contributed by atoms with Gasteiger partial charge in [-0.3, -0.25) is 4.79 Å². The Morgan fingerprint density at radius 2 is 1.44 bits per heavy atom. The highest BCUT2D eigenvalue weighted by Crippen LogP contribution is 2.49. The van der Waals surface area contributed by atoms with Crippen molar-refractivity contribution in [2.45, 2.75) is 38.4 Å². The van der Waals surface area contributed by atoms with Gasteiger partial charge in [-0.15, -0.1) is 0 Å². The molecular weight excluding hydrogens is 572 g/mol. The van der Waals surface area contributed by atoms with E-state index in [1.165, 1.54) is 0 Å². The minimum absolute atomic E-state index is 0.0452. The van der Waals surface area contributed by atoms with E-state index in [4.69, 9.17) is 23.7 Å². The van der Waals surface area contributed by atoms with Crippen molar-refractivity contribution in [1.82, 2.24) is 0 Å². The molecule has 9 nitrogen and oxygen atoms in total. The molecule has 0 saturated heterocycles. The average Bonchev–Trinajstić information content (AvgIpc) is 3.51. The molecule has 2 amide bonds. The fourth-order valence-electron chi connectivity index (χ4n) is 5.80. The van der Waals surface area contributed by atoms with Crippen LogP contribution in [-0.4, -0.2) is 44.8 Å². The number of amides is 2. The second kappa shape index (κ2) is 12.8. The number of hydrogen-bond acceptors (Lipinski definition) is 7. The Labute approximate surface area is 262 Å². The molecular formula is C36H36N2O7. The standard InChI is InChI=1S/C23H24O6.C13H12N2O/c1-11(2)16-8-14-15(28-16)6-5-12-22(24)21-13-7-18(25-3)19(26-4)9-17(13)27-10-20(21)29-23(12)14;16-13(14-11-7-3-1-4-8-11)15-12-9-5-2-6-10-12/h5-7,9,11,16,20-21H,8,10H2,1-4H3;1-10H,(H2,14,15,16). The van der Waals surface area contributed by atoms with Gasteiger partial charge in [0.25, 0.3) is 0 Å². The number of ether oxygens (including phenoxy) is 5. The number of rotatable bonds is 5. The zero-order chi connectivity index (χ0) is 31.5. The molecule has 0 aliphatic carbocycles. The summed E-state index contributed by atoms with van der Waals surface area (Å²) < 4.78 is 29.2. The van der Waals surface area contributed by atoms with Crippen molar-refractivity contribution in [3.8, 4) is 28.7 Å². The van der Waals surface area contributed by atoms with Crippen LogP contribution in [0.1, 0.15) is 41.3 Å². The van der Waals surface area contributed by atoms with Crippen LogP contribution in [0, 0.1) is 5.92 Å². The highest BCUT2D eigenvalue weighted by molar-refractivity contribution is 6.06. The summed E-state index contributed by atoms with van der Waals surface area (Å²) in [6.07, 6.45) is 0.474. The van der Waals surface area contributed by atoms with Gasteiger partial charge in [0.05, 0.1) is 25.7 Å². The normalized spacial score (nSPS) is 18.7. The molecule has 2 N–H and O–H groups in total. The van der Waals surface area contributed by atoms with E-state index in [2.05, 4.69) is 24.5 Å². The molecule has 3 atom stereocenters. The summed E-state index contributed by atoms with van der Waals surface area (Å²) >= 11 is 0. The van der Waals surface area contributed by atoms with Gasteiger partial charge in [0.2, 0.25) is 0 Å². The van der Waals surface area contributed by atoms with E-state index < -0.39 is 5.92 Å². The Morgan fingerprint density at radius 3 is 2.04 bits per heavy atom. The highest BCUT2D eigenvalue weighted by atomic mass is 16.5. The van der Waals surface area contributed by atoms with Crippen molar-refractivity contribution in [2.75, 3.05) is 31.5 Å². The number of para-hydroxylation sites is 2. The molecule has 3 heterocycles. The largest absolute Gasteiger partial charge is 0.493 e. The van der Waals surface area contributed by atoms with Crippen molar-refractivity contribution < 1.29 is 33.3 Å². The van der Waals surface area contributed by atoms with Crippen LogP contribution in [-0.2, 0) is 6.42 Å². The van der Waals surface area contributed by atoms with Crippen LogP contribution in [0.5, 0.6) is 28.7 Å². The fraction of sp³-hybridized carbons (Fsp3) is 0.278. The zero-order valence-electron chi connectivity index (χ0n) is 25.7. The fourth-order valence-corrected chi connectivity index (χ4v) is 5.80. The number of Topliss-reactive ketones (excluding diaryl/α,β-unsaturated/α-hetero) is 1. The average molecular weight is 609 g/mol. The van der Waals surface area contributed by atoms with Crippen LogP contribution in [0.25, 0.3) is 0 Å². The van der Waals surface area contributed by atoms with Crippen LogP contribution >= 0.6 is 0 Å². The monoisotopic (exact) mass is 608 g/mol. The Morgan fingerprint density at radius 1 is 0.822 bits per heavy atom. The van der Waals surface area contributed by atoms with Crippen LogP contribution in [0.2, 0.25) is 0 Å². The number of ketones is 1. The lowest BCUT2D eigenvalue weighted by molar-refractivity contribution is 0.0554. The van der Waals surface area contributed by atoms with Crippen LogP contribution in [0.15, 0.2) is 84.9 Å². The second-order valence-electron chi connectivity index (χ2n) is 11.4. The quantitative estimate of drug-likeness (QED) is 0.249. The number of carbonyl (C=O) groups is 2. The molecule has 4 aromatic carbocycles. The molecule has 3 aliphatic heterocycles. The molecule has 3 aliphatic rings. The van der Waals surface area contributed by atoms with Gasteiger partial charge in [0.1, 0.15) is 36.1 Å². The third-order valence-corrected chi connectivity index (χ3v) is 8.15. The number of carbonyl (C=O) groups excluding carboxylic acids is 2. The number of methoxy groups -OCH3 is 2. The van der Waals surface area contributed by atoms with Gasteiger partial charge in [-0.2, -0.15) is 0 Å². The van der Waals surface area contributed by atoms with Gasteiger partial charge in [-0.1, -0.05) is 50.2 Å². The molecule has 232 valence electrons. The van der Waals surface area contributed by atoms with E-state index in [1.54, 1.807) is 20.3 Å². The Balaban J connectivity index is 0.000000189. The molecule has 45 heavy (non-hydrogen) atoms. The summed E-state index contributed by atoms with van der Waals surface area (Å²) in [6.45, 7) is 4.58. The van der Waals surface area contributed by atoms with E-state index in [1.807, 2.05) is 78.9 Å². The summed E-state index contributed by atoms with van der Waals surface area (Å²) in [6, 6.07) is 25.7. The van der Waals surface area contributed by atoms with Crippen LogP contribution in [0.3, 0.4) is 0 Å². The first kappa shape index (κ1) is 29.9. The number of hydrogen-bond donors (Lipinski definition) is 2. The molecule has 0 fully saturated rings. The molecule has 0 radical (unpaired) electrons. The third-order valence-electron chi connectivity index (χ3n) is 8.15. The summed E-state index contributed by atoms with van der Waals surface area (Å²) in [4.78, 5) is 25.1. The van der Waals surface area contributed by atoms with E-state index in [9.17, 15) is 9.59 Å². The summed E-state index contributed by atoms with van der Waals surface area (Å²) in [5, 5.41) is 5.48. The predicted octanol–water partition coefficient (Wildman–Crippen LogP) is 7.11. The van der Waals surface area contributed by atoms with E-state index in [0.717, 1.165) is 34.7 Å². The molecule has 0 saturated carbocycles. The molecule has 9 heteroatoms. The van der Waals surface area contributed by atoms with Crippen LogP contribution < -0.4 is 34.3 Å². The van der Waals surface area contributed by atoms with Gasteiger partial charge in [-0.05, 0) is 48.4 Å². The number of fused-ring (bicyclic) bond motifs is 6. The summed E-state index contributed by atoms with van der Waals surface area (Å²) in [5.74, 6) is 3.24. The van der Waals surface area contributed by atoms with Crippen molar-refractivity contribution in [3.05, 3.63) is 102 Å². The SMILES string of the molecule is COc1cc2c(cc1OC)C1C(=O)c3ccc4c(c3OC1CO2)CC(C(C)C)O4.O=C(Nc1ccccc1)Nc1ccccc1. The lowest BCUT2D eigenvalue weighted by Gasteiger charge is -2.37. The van der Waals surface area contributed by atoms with Gasteiger partial charge in [0.15, 0.2) is 17.3 Å². The van der Waals surface area contributed by atoms with Crippen molar-refractivity contribution in [1.29, 1.82) is 0 Å². The van der Waals surface area contributed by atoms with Gasteiger partial charge in [0, 0.05) is 35.0 Å². The maximum Gasteiger partial charge on any atom is 0.323 e. The smallest absolute Gasteiger partial charge is 0.323 e. The van der Waals surface area contributed by atoms with Gasteiger partial charge in [-0.25, -0.2) is 4.79 Å². The Kier molecular flexibility index (Phi) is 8.51. The van der Waals surface area contributed by atoms with Crippen LogP contribution in [0.4, 0.5) is 16.2 Å². The topological polar surface area (TPSA) is 104 Å². The highest BCUT2D eigenvalue weighted by Gasteiger charge is 2.45. The molecule has 3 unspecified atom stereocenters. The number of nitrogens with one attached hydrogen (secondary N) is 2. The minimum atomic E-state index is -0.438. The lowest BCUT2D eigenvalue weighted by atomic mass is 9.81. The predicted molar refractivity (Wildman–Crippen MR) is 171 cm³/mol. The third kappa shape index (κ3) is 6.11. The maximum atomic E-state index is 13.5. The Bertz CT molecular complexity index is 1650. The Hall–Kier alpha value is -5.18. The molecule has 4 aromatic rings. The molecule has 0 aromatic heterocycles. The van der Waals surface area contributed by atoms with E-state index >= 15 is 0 Å². The van der Waals surface area contributed by atoms with Crippen molar-refractivity contribution >= 4 is 23.2 Å². The van der Waals surface area contributed by atoms with Gasteiger partial charge >= 0.3 is 6.03 Å². The van der Waals surface area contributed by atoms with Gasteiger partial charge < -0.3 is 34.3 Å². The first-order valence-corrected chi connectivity index (χ1v) is 15.0. The first-order valence-electron chi connectivity index (χ1n) is 15.0. The van der Waals surface area contributed by atoms with Crippen molar-refractivity contribution in [2.24, 2.45) is 5.92 Å². The minimum Gasteiger partial charge on any atom is -0.493 e. The van der Waals surface area contributed by atoms with E-state index in [-0.39, 0.29) is 24.0 Å². The number of urea groups is 1. The molecule has 0 spiro atoms.